The summed E-state index contributed by atoms with van der Waals surface area (Å²) in [6.45, 7) is 8.02. The number of nitrogens with one attached hydrogen (secondary N) is 1. The molecule has 0 spiro atoms. The van der Waals surface area contributed by atoms with E-state index in [0.717, 1.165) is 25.6 Å². The van der Waals surface area contributed by atoms with Crippen LogP contribution in [0.1, 0.15) is 46.0 Å². The third-order valence-corrected chi connectivity index (χ3v) is 3.29. The van der Waals surface area contributed by atoms with Crippen LogP contribution in [0.4, 0.5) is 0 Å². The van der Waals surface area contributed by atoms with Gasteiger partial charge in [-0.2, -0.15) is 0 Å². The SMILES string of the molecule is CCCCN(CC(CCO)NCC)C1CC1. The maximum absolute atomic E-state index is 9.05. The average molecular weight is 228 g/mol. The second kappa shape index (κ2) is 8.04. The monoisotopic (exact) mass is 228 g/mol. The number of likely N-dealkylation sites (N-methyl/N-ethyl adjacent to an activating group) is 1. The Morgan fingerprint density at radius 2 is 2.12 bits per heavy atom. The Balaban J connectivity index is 2.31. The van der Waals surface area contributed by atoms with Crippen LogP contribution >= 0.6 is 0 Å². The van der Waals surface area contributed by atoms with Gasteiger partial charge in [-0.25, -0.2) is 0 Å². The van der Waals surface area contributed by atoms with Crippen molar-refractivity contribution in [2.45, 2.75) is 58.0 Å². The van der Waals surface area contributed by atoms with Gasteiger partial charge in [0, 0.05) is 25.2 Å². The molecule has 1 saturated carbocycles. The maximum Gasteiger partial charge on any atom is 0.0446 e. The lowest BCUT2D eigenvalue weighted by Crippen LogP contribution is -2.43. The third-order valence-electron chi connectivity index (χ3n) is 3.29. The van der Waals surface area contributed by atoms with Crippen LogP contribution < -0.4 is 5.32 Å². The molecule has 0 heterocycles. The molecule has 0 amide bonds. The van der Waals surface area contributed by atoms with Gasteiger partial charge in [-0.1, -0.05) is 20.3 Å². The van der Waals surface area contributed by atoms with Gasteiger partial charge in [-0.05, 0) is 38.8 Å². The minimum absolute atomic E-state index is 0.296. The summed E-state index contributed by atoms with van der Waals surface area (Å²) >= 11 is 0. The molecule has 96 valence electrons. The highest BCUT2D eigenvalue weighted by molar-refractivity contribution is 4.86. The second-order valence-electron chi connectivity index (χ2n) is 4.85. The van der Waals surface area contributed by atoms with Crippen molar-refractivity contribution in [1.82, 2.24) is 10.2 Å². The number of hydrogen-bond donors (Lipinski definition) is 2. The first-order valence-electron chi connectivity index (χ1n) is 6.90. The molecule has 3 heteroatoms. The predicted molar refractivity (Wildman–Crippen MR) is 68.7 cm³/mol. The number of aliphatic hydroxyl groups excluding tert-OH is 1. The Hall–Kier alpha value is -0.120. The summed E-state index contributed by atoms with van der Waals surface area (Å²) < 4.78 is 0. The van der Waals surface area contributed by atoms with Crippen LogP contribution in [0.25, 0.3) is 0 Å². The Bertz CT molecular complexity index is 165. The molecule has 0 radical (unpaired) electrons. The van der Waals surface area contributed by atoms with Crippen LogP contribution in [0, 0.1) is 0 Å². The molecule has 1 unspecified atom stereocenters. The topological polar surface area (TPSA) is 35.5 Å². The zero-order valence-electron chi connectivity index (χ0n) is 10.9. The molecule has 0 bridgehead atoms. The van der Waals surface area contributed by atoms with E-state index in [0.29, 0.717) is 12.6 Å². The standard InChI is InChI=1S/C13H28N2O/c1-3-5-9-15(13-6-7-13)11-12(8-10-16)14-4-2/h12-14,16H,3-11H2,1-2H3. The van der Waals surface area contributed by atoms with Crippen LogP contribution in [-0.4, -0.2) is 48.3 Å². The molecule has 1 atom stereocenters. The first-order chi connectivity index (χ1) is 7.81. The summed E-state index contributed by atoms with van der Waals surface area (Å²) in [7, 11) is 0. The van der Waals surface area contributed by atoms with Gasteiger partial charge in [-0.15, -0.1) is 0 Å². The summed E-state index contributed by atoms with van der Waals surface area (Å²) in [5, 5.41) is 12.5. The third kappa shape index (κ3) is 5.28. The average Bonchev–Trinajstić information content (AvgIpc) is 3.08. The van der Waals surface area contributed by atoms with Crippen LogP contribution in [0.15, 0.2) is 0 Å². The second-order valence-corrected chi connectivity index (χ2v) is 4.85. The van der Waals surface area contributed by atoms with Gasteiger partial charge < -0.3 is 10.4 Å². The highest BCUT2D eigenvalue weighted by Crippen LogP contribution is 2.27. The fourth-order valence-corrected chi connectivity index (χ4v) is 2.21. The summed E-state index contributed by atoms with van der Waals surface area (Å²) in [6.07, 6.45) is 6.20. The lowest BCUT2D eigenvalue weighted by Gasteiger charge is -2.27. The summed E-state index contributed by atoms with van der Waals surface area (Å²) in [5.74, 6) is 0. The van der Waals surface area contributed by atoms with E-state index >= 15 is 0 Å². The molecular formula is C13H28N2O. The molecule has 0 aromatic carbocycles. The zero-order valence-corrected chi connectivity index (χ0v) is 10.9. The molecule has 0 aromatic rings. The number of nitrogens with zero attached hydrogens (tertiary/aromatic N) is 1. The van der Waals surface area contributed by atoms with Crippen molar-refractivity contribution in [1.29, 1.82) is 0 Å². The van der Waals surface area contributed by atoms with Crippen LogP contribution in [0.3, 0.4) is 0 Å². The summed E-state index contributed by atoms with van der Waals surface area (Å²) in [6, 6.07) is 1.30. The molecule has 1 fully saturated rings. The van der Waals surface area contributed by atoms with Crippen molar-refractivity contribution >= 4 is 0 Å². The quantitative estimate of drug-likeness (QED) is 0.596. The van der Waals surface area contributed by atoms with Crippen molar-refractivity contribution in [3.63, 3.8) is 0 Å². The van der Waals surface area contributed by atoms with Gasteiger partial charge in [0.1, 0.15) is 0 Å². The summed E-state index contributed by atoms with van der Waals surface area (Å²) in [5.41, 5.74) is 0. The van der Waals surface area contributed by atoms with Gasteiger partial charge in [0.15, 0.2) is 0 Å². The van der Waals surface area contributed by atoms with Gasteiger partial charge >= 0.3 is 0 Å². The Labute approximate surface area is 100 Å². The molecule has 1 aliphatic rings. The zero-order chi connectivity index (χ0) is 11.8. The smallest absolute Gasteiger partial charge is 0.0446 e. The van der Waals surface area contributed by atoms with Crippen LogP contribution in [0.2, 0.25) is 0 Å². The van der Waals surface area contributed by atoms with E-state index in [1.54, 1.807) is 0 Å². The van der Waals surface area contributed by atoms with E-state index in [9.17, 15) is 0 Å². The fourth-order valence-electron chi connectivity index (χ4n) is 2.21. The highest BCUT2D eigenvalue weighted by atomic mass is 16.3. The molecule has 3 nitrogen and oxygen atoms in total. The molecular weight excluding hydrogens is 200 g/mol. The van der Waals surface area contributed by atoms with Crippen molar-refractivity contribution < 1.29 is 5.11 Å². The van der Waals surface area contributed by atoms with Crippen molar-refractivity contribution in [3.8, 4) is 0 Å². The molecule has 0 saturated heterocycles. The number of rotatable bonds is 10. The van der Waals surface area contributed by atoms with Crippen LogP contribution in [0.5, 0.6) is 0 Å². The van der Waals surface area contributed by atoms with Gasteiger partial charge in [0.2, 0.25) is 0 Å². The Morgan fingerprint density at radius 1 is 1.38 bits per heavy atom. The fraction of sp³-hybridized carbons (Fsp3) is 1.00. The predicted octanol–water partition coefficient (Wildman–Crippen LogP) is 1.61. The van der Waals surface area contributed by atoms with E-state index in [1.165, 1.54) is 32.2 Å². The molecule has 16 heavy (non-hydrogen) atoms. The maximum atomic E-state index is 9.05. The molecule has 1 aliphatic carbocycles. The van der Waals surface area contributed by atoms with Crippen molar-refractivity contribution in [2.75, 3.05) is 26.2 Å². The molecule has 2 N–H and O–H groups in total. The molecule has 1 rings (SSSR count). The first kappa shape index (κ1) is 13.9. The normalized spacial score (nSPS) is 18.0. The van der Waals surface area contributed by atoms with Gasteiger partial charge in [-0.3, -0.25) is 4.90 Å². The van der Waals surface area contributed by atoms with Gasteiger partial charge in [0.05, 0.1) is 0 Å². The van der Waals surface area contributed by atoms with E-state index in [4.69, 9.17) is 5.11 Å². The van der Waals surface area contributed by atoms with E-state index in [-0.39, 0.29) is 0 Å². The van der Waals surface area contributed by atoms with Crippen molar-refractivity contribution in [2.24, 2.45) is 0 Å². The van der Waals surface area contributed by atoms with Crippen molar-refractivity contribution in [3.05, 3.63) is 0 Å². The first-order valence-corrected chi connectivity index (χ1v) is 6.90. The largest absolute Gasteiger partial charge is 0.396 e. The number of aliphatic hydroxyl groups is 1. The Kier molecular flexibility index (Phi) is 7.01. The van der Waals surface area contributed by atoms with Gasteiger partial charge in [0.25, 0.3) is 0 Å². The highest BCUT2D eigenvalue weighted by Gasteiger charge is 2.29. The van der Waals surface area contributed by atoms with E-state index < -0.39 is 0 Å². The number of hydrogen-bond acceptors (Lipinski definition) is 3. The number of unbranched alkanes of at least 4 members (excludes halogenated alkanes) is 1. The lowest BCUT2D eigenvalue weighted by molar-refractivity contribution is 0.200. The lowest BCUT2D eigenvalue weighted by atomic mass is 10.2. The molecule has 0 aliphatic heterocycles. The van der Waals surface area contributed by atoms with E-state index in [2.05, 4.69) is 24.1 Å². The Morgan fingerprint density at radius 3 is 2.62 bits per heavy atom. The van der Waals surface area contributed by atoms with E-state index in [1.807, 2.05) is 0 Å². The van der Waals surface area contributed by atoms with Crippen LogP contribution in [-0.2, 0) is 0 Å². The minimum Gasteiger partial charge on any atom is -0.396 e. The molecule has 0 aromatic heterocycles. The summed E-state index contributed by atoms with van der Waals surface area (Å²) in [4.78, 5) is 2.62. The minimum atomic E-state index is 0.296.